The summed E-state index contributed by atoms with van der Waals surface area (Å²) in [6.45, 7) is 11.5. The van der Waals surface area contributed by atoms with Gasteiger partial charge >= 0.3 is 0 Å². The van der Waals surface area contributed by atoms with Crippen molar-refractivity contribution in [3.05, 3.63) is 0 Å². The van der Waals surface area contributed by atoms with Gasteiger partial charge in [-0.3, -0.25) is 0 Å². The van der Waals surface area contributed by atoms with Crippen LogP contribution in [0, 0.1) is 5.92 Å². The zero-order valence-corrected chi connectivity index (χ0v) is 12.2. The van der Waals surface area contributed by atoms with E-state index in [9.17, 15) is 8.42 Å². The highest BCUT2D eigenvalue weighted by Gasteiger charge is 2.28. The monoisotopic (exact) mass is 249 g/mol. The van der Waals surface area contributed by atoms with E-state index in [0.29, 0.717) is 11.7 Å². The minimum absolute atomic E-state index is 0.312. The van der Waals surface area contributed by atoms with E-state index in [-0.39, 0.29) is 0 Å². The van der Waals surface area contributed by atoms with Crippen molar-refractivity contribution in [3.63, 3.8) is 0 Å². The van der Waals surface area contributed by atoms with Gasteiger partial charge in [0.1, 0.15) is 0 Å². The summed E-state index contributed by atoms with van der Waals surface area (Å²) in [5, 5.41) is 3.28. The van der Waals surface area contributed by atoms with E-state index in [0.717, 1.165) is 25.9 Å². The maximum absolute atomic E-state index is 11.8. The highest BCUT2D eigenvalue weighted by Crippen LogP contribution is 2.18. The van der Waals surface area contributed by atoms with Crippen molar-refractivity contribution in [2.75, 3.05) is 18.8 Å². The summed E-state index contributed by atoms with van der Waals surface area (Å²) >= 11 is 0. The van der Waals surface area contributed by atoms with Crippen LogP contribution in [0.2, 0.25) is 0 Å². The van der Waals surface area contributed by atoms with Gasteiger partial charge in [0, 0.05) is 0 Å². The summed E-state index contributed by atoms with van der Waals surface area (Å²) in [5.74, 6) is 0.864. The maximum atomic E-state index is 11.8. The third kappa shape index (κ3) is 5.85. The Kier molecular flexibility index (Phi) is 6.56. The van der Waals surface area contributed by atoms with Crippen LogP contribution in [0.4, 0.5) is 0 Å². The second kappa shape index (κ2) is 6.60. The molecular formula is C12H27NO2S. The van der Waals surface area contributed by atoms with Gasteiger partial charge in [0.05, 0.1) is 10.5 Å². The van der Waals surface area contributed by atoms with Crippen molar-refractivity contribution in [2.24, 2.45) is 5.92 Å². The van der Waals surface area contributed by atoms with Crippen LogP contribution >= 0.6 is 0 Å². The van der Waals surface area contributed by atoms with Gasteiger partial charge in [0.15, 0.2) is 9.84 Å². The summed E-state index contributed by atoms with van der Waals surface area (Å²) in [6.07, 6.45) is 1.74. The van der Waals surface area contributed by atoms with E-state index in [1.165, 1.54) is 0 Å². The summed E-state index contributed by atoms with van der Waals surface area (Å²) in [7, 11) is -2.93. The molecule has 0 aromatic heterocycles. The van der Waals surface area contributed by atoms with Crippen molar-refractivity contribution >= 4 is 9.84 Å². The molecule has 0 saturated carbocycles. The first-order valence-electron chi connectivity index (χ1n) is 6.13. The number of hydrogen-bond acceptors (Lipinski definition) is 3. The van der Waals surface area contributed by atoms with E-state index in [1.807, 2.05) is 0 Å². The Morgan fingerprint density at radius 3 is 2.25 bits per heavy atom. The molecule has 0 rings (SSSR count). The molecule has 0 aliphatic rings. The smallest absolute Gasteiger partial charge is 0.155 e. The van der Waals surface area contributed by atoms with E-state index < -0.39 is 14.6 Å². The molecule has 16 heavy (non-hydrogen) atoms. The first kappa shape index (κ1) is 15.9. The number of sulfone groups is 1. The largest absolute Gasteiger partial charge is 0.317 e. The van der Waals surface area contributed by atoms with Crippen molar-refractivity contribution in [3.8, 4) is 0 Å². The topological polar surface area (TPSA) is 46.2 Å². The molecule has 1 unspecified atom stereocenters. The standard InChI is InChI=1S/C12H27NO2S/c1-6-13-10-11(2)8-7-9-16(14,15)12(3,4)5/h11,13H,6-10H2,1-5H3. The zero-order valence-electron chi connectivity index (χ0n) is 11.3. The number of hydrogen-bond donors (Lipinski definition) is 1. The van der Waals surface area contributed by atoms with Gasteiger partial charge in [0.2, 0.25) is 0 Å². The Hall–Kier alpha value is -0.0900. The molecule has 0 fully saturated rings. The molecule has 3 nitrogen and oxygen atoms in total. The van der Waals surface area contributed by atoms with E-state index in [1.54, 1.807) is 20.8 Å². The van der Waals surface area contributed by atoms with Crippen molar-refractivity contribution in [2.45, 2.75) is 52.2 Å². The molecule has 4 heteroatoms. The van der Waals surface area contributed by atoms with Gasteiger partial charge in [-0.25, -0.2) is 8.42 Å². The third-order valence-corrected chi connectivity index (χ3v) is 5.48. The summed E-state index contributed by atoms with van der Waals surface area (Å²) in [6, 6.07) is 0. The second-order valence-corrected chi connectivity index (χ2v) is 8.35. The van der Waals surface area contributed by atoms with Gasteiger partial charge in [-0.15, -0.1) is 0 Å². The average molecular weight is 249 g/mol. The zero-order chi connectivity index (χ0) is 12.8. The van der Waals surface area contributed by atoms with Crippen LogP contribution in [0.25, 0.3) is 0 Å². The lowest BCUT2D eigenvalue weighted by Crippen LogP contribution is -2.30. The van der Waals surface area contributed by atoms with Gasteiger partial charge < -0.3 is 5.32 Å². The molecule has 0 aromatic rings. The molecule has 0 heterocycles. The fourth-order valence-corrected chi connectivity index (χ4v) is 2.58. The minimum Gasteiger partial charge on any atom is -0.317 e. The summed E-state index contributed by atoms with van der Waals surface area (Å²) < 4.78 is 23.1. The van der Waals surface area contributed by atoms with Crippen LogP contribution in [-0.2, 0) is 9.84 Å². The van der Waals surface area contributed by atoms with Crippen LogP contribution in [0.1, 0.15) is 47.5 Å². The van der Waals surface area contributed by atoms with Gasteiger partial charge in [-0.05, 0) is 52.6 Å². The van der Waals surface area contributed by atoms with Crippen molar-refractivity contribution in [1.82, 2.24) is 5.32 Å². The molecule has 0 saturated heterocycles. The third-order valence-electron chi connectivity index (χ3n) is 2.79. The van der Waals surface area contributed by atoms with Crippen LogP contribution in [-0.4, -0.2) is 32.0 Å². The highest BCUT2D eigenvalue weighted by atomic mass is 32.2. The second-order valence-electron chi connectivity index (χ2n) is 5.49. The lowest BCUT2D eigenvalue weighted by molar-refractivity contribution is 0.480. The molecule has 1 atom stereocenters. The van der Waals surface area contributed by atoms with Crippen LogP contribution in [0.5, 0.6) is 0 Å². The molecule has 0 aliphatic carbocycles. The highest BCUT2D eigenvalue weighted by molar-refractivity contribution is 7.92. The Labute approximate surface area is 101 Å². The SMILES string of the molecule is CCNCC(C)CCCS(=O)(=O)C(C)(C)C. The fourth-order valence-electron chi connectivity index (χ4n) is 1.42. The Morgan fingerprint density at radius 2 is 1.81 bits per heavy atom. The number of nitrogens with one attached hydrogen (secondary N) is 1. The lowest BCUT2D eigenvalue weighted by Gasteiger charge is -2.19. The lowest BCUT2D eigenvalue weighted by atomic mass is 10.1. The predicted octanol–water partition coefficient (Wildman–Crippen LogP) is 2.23. The van der Waals surface area contributed by atoms with Crippen LogP contribution < -0.4 is 5.32 Å². The number of rotatable bonds is 7. The molecule has 1 N–H and O–H groups in total. The molecule has 0 bridgehead atoms. The van der Waals surface area contributed by atoms with Gasteiger partial charge in [-0.2, -0.15) is 0 Å². The molecule has 0 aromatic carbocycles. The Balaban J connectivity index is 3.91. The summed E-state index contributed by atoms with van der Waals surface area (Å²) in [5.41, 5.74) is 0. The van der Waals surface area contributed by atoms with E-state index in [4.69, 9.17) is 0 Å². The first-order valence-corrected chi connectivity index (χ1v) is 7.79. The normalized spacial score (nSPS) is 15.1. The minimum atomic E-state index is -2.93. The fraction of sp³-hybridized carbons (Fsp3) is 1.00. The van der Waals surface area contributed by atoms with Crippen molar-refractivity contribution < 1.29 is 8.42 Å². The van der Waals surface area contributed by atoms with Gasteiger partial charge in [-0.1, -0.05) is 13.8 Å². The van der Waals surface area contributed by atoms with Crippen molar-refractivity contribution in [1.29, 1.82) is 0 Å². The quantitative estimate of drug-likeness (QED) is 0.752. The average Bonchev–Trinajstić information content (AvgIpc) is 2.12. The maximum Gasteiger partial charge on any atom is 0.155 e. The van der Waals surface area contributed by atoms with E-state index in [2.05, 4.69) is 19.2 Å². The van der Waals surface area contributed by atoms with E-state index >= 15 is 0 Å². The summed E-state index contributed by atoms with van der Waals surface area (Å²) in [4.78, 5) is 0. The van der Waals surface area contributed by atoms with Gasteiger partial charge in [0.25, 0.3) is 0 Å². The Morgan fingerprint density at radius 1 is 1.25 bits per heavy atom. The molecule has 0 aliphatic heterocycles. The molecule has 0 radical (unpaired) electrons. The molecule has 98 valence electrons. The predicted molar refractivity (Wildman–Crippen MR) is 70.5 cm³/mol. The molecule has 0 spiro atoms. The van der Waals surface area contributed by atoms with Crippen LogP contribution in [0.3, 0.4) is 0 Å². The molecular weight excluding hydrogens is 222 g/mol. The van der Waals surface area contributed by atoms with Crippen LogP contribution in [0.15, 0.2) is 0 Å². The first-order chi connectivity index (χ1) is 7.20. The Bertz CT molecular complexity index is 278. The molecule has 0 amide bonds.